The highest BCUT2D eigenvalue weighted by molar-refractivity contribution is 6.34. The lowest BCUT2D eigenvalue weighted by Gasteiger charge is -2.30. The van der Waals surface area contributed by atoms with Gasteiger partial charge in [-0.1, -0.05) is 11.6 Å². The van der Waals surface area contributed by atoms with Crippen LogP contribution < -0.4 is 9.80 Å². The van der Waals surface area contributed by atoms with Crippen molar-refractivity contribution in [2.75, 3.05) is 36.0 Å². The summed E-state index contributed by atoms with van der Waals surface area (Å²) in [5.41, 5.74) is 1.94. The second-order valence-corrected chi connectivity index (χ2v) is 7.25. The topological polar surface area (TPSA) is 50.1 Å². The SMILES string of the molecule is CCN(CC)c1nc(-n2cccn2)nc2cc(Cl)c(N3CCCCC3)cc12. The molecule has 1 aliphatic heterocycles. The van der Waals surface area contributed by atoms with E-state index in [0.717, 1.165) is 53.6 Å². The molecule has 0 aliphatic carbocycles. The predicted molar refractivity (Wildman–Crippen MR) is 111 cm³/mol. The molecule has 0 N–H and O–H groups in total. The Bertz CT molecular complexity index is 914. The van der Waals surface area contributed by atoms with E-state index in [9.17, 15) is 0 Å². The minimum atomic E-state index is 0.566. The fraction of sp³-hybridized carbons (Fsp3) is 0.450. The lowest BCUT2D eigenvalue weighted by molar-refractivity contribution is 0.578. The first-order valence-corrected chi connectivity index (χ1v) is 10.1. The van der Waals surface area contributed by atoms with Crippen LogP contribution >= 0.6 is 11.6 Å². The van der Waals surface area contributed by atoms with Gasteiger partial charge in [-0.15, -0.1) is 0 Å². The monoisotopic (exact) mass is 384 g/mol. The maximum Gasteiger partial charge on any atom is 0.253 e. The van der Waals surface area contributed by atoms with E-state index >= 15 is 0 Å². The lowest BCUT2D eigenvalue weighted by atomic mass is 10.1. The van der Waals surface area contributed by atoms with Gasteiger partial charge in [0.1, 0.15) is 5.82 Å². The number of hydrogen-bond donors (Lipinski definition) is 0. The van der Waals surface area contributed by atoms with Crippen LogP contribution in [0.2, 0.25) is 5.02 Å². The molecule has 0 spiro atoms. The van der Waals surface area contributed by atoms with E-state index in [4.69, 9.17) is 21.6 Å². The molecule has 142 valence electrons. The van der Waals surface area contributed by atoms with Crippen molar-refractivity contribution >= 4 is 34.0 Å². The standard InChI is InChI=1S/C20H25ClN6/c1-3-25(4-2)19-15-13-18(26-10-6-5-7-11-26)16(21)14-17(15)23-20(24-19)27-12-8-9-22-27/h8-9,12-14H,3-7,10-11H2,1-2H3. The number of piperidine rings is 1. The number of nitrogens with zero attached hydrogens (tertiary/aromatic N) is 6. The summed E-state index contributed by atoms with van der Waals surface area (Å²) >= 11 is 6.68. The lowest BCUT2D eigenvalue weighted by Crippen LogP contribution is -2.29. The van der Waals surface area contributed by atoms with Crippen LogP contribution in [0.4, 0.5) is 11.5 Å². The van der Waals surface area contributed by atoms with Crippen molar-refractivity contribution in [1.29, 1.82) is 0 Å². The summed E-state index contributed by atoms with van der Waals surface area (Å²) in [6.07, 6.45) is 7.31. The van der Waals surface area contributed by atoms with Crippen molar-refractivity contribution in [3.05, 3.63) is 35.6 Å². The molecule has 1 fully saturated rings. The zero-order chi connectivity index (χ0) is 18.8. The summed E-state index contributed by atoms with van der Waals surface area (Å²) in [7, 11) is 0. The molecule has 0 bridgehead atoms. The summed E-state index contributed by atoms with van der Waals surface area (Å²) in [6, 6.07) is 6.02. The van der Waals surface area contributed by atoms with Gasteiger partial charge in [-0.3, -0.25) is 0 Å². The second-order valence-electron chi connectivity index (χ2n) is 6.84. The Kier molecular flexibility index (Phi) is 5.16. The number of rotatable bonds is 5. The zero-order valence-electron chi connectivity index (χ0n) is 15.9. The molecule has 1 aromatic carbocycles. The minimum Gasteiger partial charge on any atom is -0.370 e. The van der Waals surface area contributed by atoms with Gasteiger partial charge in [0.25, 0.3) is 5.95 Å². The van der Waals surface area contributed by atoms with Crippen LogP contribution in [0.15, 0.2) is 30.6 Å². The first-order chi connectivity index (χ1) is 13.2. The highest BCUT2D eigenvalue weighted by Crippen LogP contribution is 2.35. The molecule has 6 nitrogen and oxygen atoms in total. The van der Waals surface area contributed by atoms with Gasteiger partial charge >= 0.3 is 0 Å². The molecule has 3 aromatic rings. The van der Waals surface area contributed by atoms with Crippen LogP contribution in [0.25, 0.3) is 16.9 Å². The number of benzene rings is 1. The Balaban J connectivity index is 1.90. The highest BCUT2D eigenvalue weighted by atomic mass is 35.5. The number of anilines is 2. The Hall–Kier alpha value is -2.34. The van der Waals surface area contributed by atoms with Gasteiger partial charge in [0.15, 0.2) is 0 Å². The number of hydrogen-bond acceptors (Lipinski definition) is 5. The third kappa shape index (κ3) is 3.46. The van der Waals surface area contributed by atoms with E-state index < -0.39 is 0 Å². The van der Waals surface area contributed by atoms with Crippen molar-refractivity contribution in [1.82, 2.24) is 19.7 Å². The average molecular weight is 385 g/mol. The zero-order valence-corrected chi connectivity index (χ0v) is 16.7. The molecule has 7 heteroatoms. The molecule has 4 rings (SSSR count). The highest BCUT2D eigenvalue weighted by Gasteiger charge is 2.19. The molecule has 2 aromatic heterocycles. The molecular weight excluding hydrogens is 360 g/mol. The van der Waals surface area contributed by atoms with Gasteiger partial charge in [-0.05, 0) is 51.3 Å². The van der Waals surface area contributed by atoms with Gasteiger partial charge in [-0.25, -0.2) is 9.67 Å². The van der Waals surface area contributed by atoms with Crippen LogP contribution in [0.3, 0.4) is 0 Å². The Labute approximate surface area is 164 Å². The average Bonchev–Trinajstić information content (AvgIpc) is 3.23. The molecule has 0 radical (unpaired) electrons. The van der Waals surface area contributed by atoms with Crippen LogP contribution in [0.5, 0.6) is 0 Å². The van der Waals surface area contributed by atoms with E-state index in [1.54, 1.807) is 10.9 Å². The Morgan fingerprint density at radius 3 is 2.52 bits per heavy atom. The van der Waals surface area contributed by atoms with Gasteiger partial charge in [0.05, 0.1) is 16.2 Å². The van der Waals surface area contributed by atoms with Gasteiger partial charge in [-0.2, -0.15) is 10.1 Å². The first kappa shape index (κ1) is 18.0. The van der Waals surface area contributed by atoms with Crippen molar-refractivity contribution in [3.8, 4) is 5.95 Å². The quantitative estimate of drug-likeness (QED) is 0.656. The van der Waals surface area contributed by atoms with Crippen LogP contribution in [0.1, 0.15) is 33.1 Å². The summed E-state index contributed by atoms with van der Waals surface area (Å²) < 4.78 is 1.69. The molecule has 1 aliphatic rings. The maximum atomic E-state index is 6.68. The molecule has 0 atom stereocenters. The predicted octanol–water partition coefficient (Wildman–Crippen LogP) is 4.31. The van der Waals surface area contributed by atoms with E-state index in [1.807, 2.05) is 18.3 Å². The van der Waals surface area contributed by atoms with Gasteiger partial charge in [0.2, 0.25) is 0 Å². The second kappa shape index (κ2) is 7.72. The Morgan fingerprint density at radius 1 is 1.07 bits per heavy atom. The molecular formula is C20H25ClN6. The largest absolute Gasteiger partial charge is 0.370 e. The van der Waals surface area contributed by atoms with Crippen molar-refractivity contribution in [2.24, 2.45) is 0 Å². The molecule has 3 heterocycles. The van der Waals surface area contributed by atoms with Crippen LogP contribution in [0, 0.1) is 0 Å². The number of halogens is 1. The fourth-order valence-electron chi connectivity index (χ4n) is 3.74. The van der Waals surface area contributed by atoms with E-state index in [0.29, 0.717) is 5.95 Å². The minimum absolute atomic E-state index is 0.566. The van der Waals surface area contributed by atoms with Gasteiger partial charge in [0, 0.05) is 44.0 Å². The number of aromatic nitrogens is 4. The molecule has 27 heavy (non-hydrogen) atoms. The van der Waals surface area contributed by atoms with E-state index in [1.165, 1.54) is 19.3 Å². The van der Waals surface area contributed by atoms with Crippen molar-refractivity contribution in [2.45, 2.75) is 33.1 Å². The van der Waals surface area contributed by atoms with Crippen LogP contribution in [-0.4, -0.2) is 45.9 Å². The smallest absolute Gasteiger partial charge is 0.253 e. The molecule has 0 amide bonds. The van der Waals surface area contributed by atoms with E-state index in [2.05, 4.69) is 34.8 Å². The molecule has 0 unspecified atom stereocenters. The third-order valence-electron chi connectivity index (χ3n) is 5.20. The van der Waals surface area contributed by atoms with Gasteiger partial charge < -0.3 is 9.80 Å². The summed E-state index contributed by atoms with van der Waals surface area (Å²) in [6.45, 7) is 8.15. The summed E-state index contributed by atoms with van der Waals surface area (Å²) in [5.74, 6) is 1.50. The fourth-order valence-corrected chi connectivity index (χ4v) is 4.02. The molecule has 0 saturated carbocycles. The van der Waals surface area contributed by atoms with Crippen molar-refractivity contribution in [3.63, 3.8) is 0 Å². The van der Waals surface area contributed by atoms with Crippen LogP contribution in [-0.2, 0) is 0 Å². The number of fused-ring (bicyclic) bond motifs is 1. The first-order valence-electron chi connectivity index (χ1n) is 9.72. The normalized spacial score (nSPS) is 14.7. The van der Waals surface area contributed by atoms with Crippen molar-refractivity contribution < 1.29 is 0 Å². The maximum absolute atomic E-state index is 6.68. The van der Waals surface area contributed by atoms with E-state index in [-0.39, 0.29) is 0 Å². The Morgan fingerprint density at radius 2 is 1.85 bits per heavy atom. The summed E-state index contributed by atoms with van der Waals surface area (Å²) in [4.78, 5) is 14.2. The summed E-state index contributed by atoms with van der Waals surface area (Å²) in [5, 5.41) is 6.08. The molecule has 1 saturated heterocycles. The third-order valence-corrected chi connectivity index (χ3v) is 5.50.